The van der Waals surface area contributed by atoms with E-state index in [0.717, 1.165) is 12.2 Å². The van der Waals surface area contributed by atoms with E-state index in [0.29, 0.717) is 12.2 Å². The van der Waals surface area contributed by atoms with Gasteiger partial charge in [-0.05, 0) is 0 Å². The molecular weight excluding hydrogens is 303 g/mol. The molecule has 0 radical (unpaired) electrons. The van der Waals surface area contributed by atoms with E-state index >= 15 is 0 Å². The Bertz CT molecular complexity index is 491. The average Bonchev–Trinajstić information content (AvgIpc) is 2.25. The largest absolute Gasteiger partial charge is 1.00 e. The molecular formula is C10H11NaO8S. The fourth-order valence-corrected chi connectivity index (χ4v) is 0.747. The third kappa shape index (κ3) is 22.0. The molecule has 106 valence electrons. The predicted octanol–water partition coefficient (Wildman–Crippen LogP) is -3.40. The van der Waals surface area contributed by atoms with E-state index in [-0.39, 0.29) is 29.6 Å². The third-order valence-electron chi connectivity index (χ3n) is 1.05. The zero-order valence-corrected chi connectivity index (χ0v) is 13.5. The number of esters is 2. The van der Waals surface area contributed by atoms with Gasteiger partial charge in [-0.25, -0.2) is 22.8 Å². The minimum Gasteiger partial charge on any atom is -0.748 e. The average molecular weight is 314 g/mol. The molecule has 20 heavy (non-hydrogen) atoms. The Morgan fingerprint density at radius 1 is 1.15 bits per heavy atom. The van der Waals surface area contributed by atoms with Crippen LogP contribution >= 0.6 is 0 Å². The normalized spacial score (nSPS) is 9.45. The molecule has 0 aliphatic heterocycles. The Hall–Kier alpha value is -1.26. The van der Waals surface area contributed by atoms with Crippen LogP contribution in [-0.2, 0) is 29.2 Å². The number of carbonyl (C=O) groups excluding carboxylic acids is 2. The van der Waals surface area contributed by atoms with Crippen LogP contribution in [0.3, 0.4) is 0 Å². The quantitative estimate of drug-likeness (QED) is 0.138. The molecule has 0 amide bonds. The Morgan fingerprint density at radius 2 is 1.65 bits per heavy atom. The van der Waals surface area contributed by atoms with E-state index in [2.05, 4.69) is 17.9 Å². The van der Waals surface area contributed by atoms with Gasteiger partial charge in [-0.1, -0.05) is 12.7 Å². The monoisotopic (exact) mass is 314 g/mol. The molecule has 0 aliphatic carbocycles. The number of ether oxygens (including phenoxy) is 1. The van der Waals surface area contributed by atoms with E-state index < -0.39 is 33.8 Å². The van der Waals surface area contributed by atoms with Crippen molar-refractivity contribution >= 4 is 28.0 Å². The Morgan fingerprint density at radius 3 is 1.90 bits per heavy atom. The molecule has 8 nitrogen and oxygen atoms in total. The molecule has 0 bridgehead atoms. The van der Waals surface area contributed by atoms with Crippen LogP contribution in [0.25, 0.3) is 0 Å². The topological polar surface area (TPSA) is 138 Å². The van der Waals surface area contributed by atoms with E-state index in [9.17, 15) is 27.4 Å². The summed E-state index contributed by atoms with van der Waals surface area (Å²) in [4.78, 5) is 30.7. The van der Waals surface area contributed by atoms with Crippen molar-refractivity contribution in [3.8, 4) is 0 Å². The van der Waals surface area contributed by atoms with Crippen molar-refractivity contribution in [2.75, 3.05) is 5.75 Å². The molecule has 0 spiro atoms. The number of hydrogen-bond donors (Lipinski definition) is 1. The van der Waals surface area contributed by atoms with E-state index in [1.165, 1.54) is 0 Å². The molecule has 0 aromatic rings. The second-order valence-electron chi connectivity index (χ2n) is 2.63. The standard InChI is InChI=1S/C7H6O5.C3H6O3S.Na/c1-2-6(10)12-7(11)4-3-5(8)9;1-2-3-7(4,5)6;/h2-4H,1H2,(H,8,9);2H,1,3H2,(H,4,5,6);/q;;+1/p-1/b4-3-;;. The van der Waals surface area contributed by atoms with Crippen LogP contribution in [0.1, 0.15) is 0 Å². The second kappa shape index (κ2) is 12.8. The van der Waals surface area contributed by atoms with E-state index in [1.54, 1.807) is 0 Å². The summed E-state index contributed by atoms with van der Waals surface area (Å²) in [5.41, 5.74) is 0. The van der Waals surface area contributed by atoms with Gasteiger partial charge in [-0.3, -0.25) is 0 Å². The second-order valence-corrected chi connectivity index (χ2v) is 4.08. The molecule has 0 atom stereocenters. The van der Waals surface area contributed by atoms with Gasteiger partial charge in [0.15, 0.2) is 0 Å². The van der Waals surface area contributed by atoms with Crippen molar-refractivity contribution in [2.24, 2.45) is 0 Å². The number of aliphatic carboxylic acids is 1. The van der Waals surface area contributed by atoms with Crippen LogP contribution in [0, 0.1) is 0 Å². The zero-order chi connectivity index (χ0) is 15.5. The Kier molecular flexibility index (Phi) is 15.2. The molecule has 0 rings (SSSR count). The van der Waals surface area contributed by atoms with Crippen LogP contribution in [0.15, 0.2) is 37.5 Å². The maximum atomic E-state index is 10.5. The molecule has 0 unspecified atom stereocenters. The fraction of sp³-hybridized carbons (Fsp3) is 0.100. The summed E-state index contributed by atoms with van der Waals surface area (Å²) in [6, 6.07) is 0. The number of carboxylic acid groups (broad SMARTS) is 1. The van der Waals surface area contributed by atoms with Gasteiger partial charge < -0.3 is 14.4 Å². The number of carbonyl (C=O) groups is 3. The summed E-state index contributed by atoms with van der Waals surface area (Å²) < 4.78 is 32.8. The molecule has 0 aromatic heterocycles. The third-order valence-corrected chi connectivity index (χ3v) is 1.70. The number of hydrogen-bond acceptors (Lipinski definition) is 7. The first-order valence-corrected chi connectivity index (χ1v) is 6.03. The number of rotatable bonds is 5. The maximum absolute atomic E-state index is 10.5. The summed E-state index contributed by atoms with van der Waals surface area (Å²) >= 11 is 0. The first-order valence-electron chi connectivity index (χ1n) is 4.46. The first kappa shape index (κ1) is 23.8. The van der Waals surface area contributed by atoms with Crippen LogP contribution in [0.2, 0.25) is 0 Å². The summed E-state index contributed by atoms with van der Waals surface area (Å²) in [7, 11) is -4.04. The smallest absolute Gasteiger partial charge is 0.748 e. The minimum absolute atomic E-state index is 0. The molecule has 1 N–H and O–H groups in total. The van der Waals surface area contributed by atoms with Crippen molar-refractivity contribution in [2.45, 2.75) is 0 Å². The van der Waals surface area contributed by atoms with Crippen molar-refractivity contribution in [3.05, 3.63) is 37.5 Å². The van der Waals surface area contributed by atoms with Gasteiger partial charge in [0.25, 0.3) is 0 Å². The van der Waals surface area contributed by atoms with E-state index in [1.807, 2.05) is 0 Å². The van der Waals surface area contributed by atoms with Gasteiger partial charge in [0.2, 0.25) is 0 Å². The van der Waals surface area contributed by atoms with Gasteiger partial charge in [0.1, 0.15) is 0 Å². The van der Waals surface area contributed by atoms with Gasteiger partial charge in [-0.15, -0.1) is 6.58 Å². The van der Waals surface area contributed by atoms with Crippen molar-refractivity contribution < 1.29 is 66.8 Å². The van der Waals surface area contributed by atoms with Gasteiger partial charge in [0, 0.05) is 18.2 Å². The molecule has 0 saturated heterocycles. The predicted molar refractivity (Wildman–Crippen MR) is 62.8 cm³/mol. The molecule has 0 aliphatic rings. The maximum Gasteiger partial charge on any atom is 1.00 e. The summed E-state index contributed by atoms with van der Waals surface area (Å²) in [6.07, 6.45) is 3.05. The Balaban J connectivity index is -0.000000312. The van der Waals surface area contributed by atoms with E-state index in [4.69, 9.17) is 5.11 Å². The minimum atomic E-state index is -4.04. The molecule has 0 saturated carbocycles. The van der Waals surface area contributed by atoms with Crippen LogP contribution in [-0.4, -0.2) is 41.7 Å². The molecule has 0 aromatic carbocycles. The fourth-order valence-electron chi connectivity index (χ4n) is 0.458. The summed E-state index contributed by atoms with van der Waals surface area (Å²) in [5, 5.41) is 8.05. The molecule has 0 heterocycles. The summed E-state index contributed by atoms with van der Waals surface area (Å²) in [5.74, 6) is -3.73. The van der Waals surface area contributed by atoms with Crippen molar-refractivity contribution in [1.29, 1.82) is 0 Å². The van der Waals surface area contributed by atoms with Crippen LogP contribution < -0.4 is 29.6 Å². The van der Waals surface area contributed by atoms with Crippen LogP contribution in [0.4, 0.5) is 0 Å². The van der Waals surface area contributed by atoms with Gasteiger partial charge >= 0.3 is 47.5 Å². The van der Waals surface area contributed by atoms with Crippen molar-refractivity contribution in [3.63, 3.8) is 0 Å². The zero-order valence-electron chi connectivity index (χ0n) is 10.6. The molecule has 0 fully saturated rings. The van der Waals surface area contributed by atoms with Crippen molar-refractivity contribution in [1.82, 2.24) is 0 Å². The van der Waals surface area contributed by atoms with Gasteiger partial charge in [0.05, 0.1) is 15.9 Å². The molecule has 10 heteroatoms. The Labute approximate surface area is 137 Å². The SMILES string of the molecule is C=CC(=O)OC(=O)/C=C\C(=O)O.C=CCS(=O)(=O)[O-].[Na+]. The first-order chi connectivity index (χ1) is 8.62. The number of carboxylic acids is 1. The summed E-state index contributed by atoms with van der Waals surface area (Å²) in [6.45, 7) is 6.11. The van der Waals surface area contributed by atoms with Gasteiger partial charge in [-0.2, -0.15) is 0 Å². The van der Waals surface area contributed by atoms with Crippen LogP contribution in [0.5, 0.6) is 0 Å².